The first-order chi connectivity index (χ1) is 7.69. The van der Waals surface area contributed by atoms with E-state index in [0.29, 0.717) is 16.3 Å². The second-order valence-corrected chi connectivity index (χ2v) is 3.90. The van der Waals surface area contributed by atoms with Crippen LogP contribution in [0.4, 0.5) is 5.69 Å². The minimum absolute atomic E-state index is 0.546. The van der Waals surface area contributed by atoms with E-state index in [1.54, 1.807) is 12.1 Å². The van der Waals surface area contributed by atoms with Crippen molar-refractivity contribution in [2.45, 2.75) is 0 Å². The van der Waals surface area contributed by atoms with Gasteiger partial charge in [0.05, 0.1) is 11.6 Å². The molecular weight excluding hydrogens is 220 g/mol. The van der Waals surface area contributed by atoms with Crippen LogP contribution in [0.15, 0.2) is 42.5 Å². The van der Waals surface area contributed by atoms with Crippen molar-refractivity contribution in [2.75, 3.05) is 5.73 Å². The van der Waals surface area contributed by atoms with Crippen molar-refractivity contribution in [3.63, 3.8) is 0 Å². The molecule has 0 aliphatic rings. The molecule has 2 nitrogen and oxygen atoms in total. The number of nitrogens with two attached hydrogens (primary N) is 1. The predicted octanol–water partition coefficient (Wildman–Crippen LogP) is 3.46. The number of anilines is 1. The number of benzene rings is 2. The molecule has 0 saturated carbocycles. The molecule has 0 aliphatic carbocycles. The molecule has 0 radical (unpaired) electrons. The summed E-state index contributed by atoms with van der Waals surface area (Å²) in [6.07, 6.45) is 0. The van der Waals surface area contributed by atoms with E-state index in [9.17, 15) is 0 Å². The van der Waals surface area contributed by atoms with Crippen LogP contribution in [0.2, 0.25) is 5.02 Å². The zero-order valence-electron chi connectivity index (χ0n) is 8.44. The third kappa shape index (κ3) is 2.16. The maximum absolute atomic E-state index is 8.85. The van der Waals surface area contributed by atoms with E-state index in [2.05, 4.69) is 6.07 Å². The summed E-state index contributed by atoms with van der Waals surface area (Å²) >= 11 is 5.94. The van der Waals surface area contributed by atoms with Gasteiger partial charge in [0, 0.05) is 10.7 Å². The number of hydrogen-bond donors (Lipinski definition) is 1. The van der Waals surface area contributed by atoms with E-state index in [0.717, 1.165) is 11.1 Å². The molecule has 0 atom stereocenters. The van der Waals surface area contributed by atoms with Crippen molar-refractivity contribution in [1.82, 2.24) is 0 Å². The SMILES string of the molecule is N#Cc1cc(Cl)cc(-c2cccc(N)c2)c1. The quantitative estimate of drug-likeness (QED) is 0.760. The third-order valence-electron chi connectivity index (χ3n) is 2.25. The van der Waals surface area contributed by atoms with Crippen LogP contribution in [0.3, 0.4) is 0 Å². The van der Waals surface area contributed by atoms with E-state index in [1.807, 2.05) is 30.3 Å². The summed E-state index contributed by atoms with van der Waals surface area (Å²) in [4.78, 5) is 0. The van der Waals surface area contributed by atoms with Crippen LogP contribution in [0, 0.1) is 11.3 Å². The average Bonchev–Trinajstić information content (AvgIpc) is 2.28. The van der Waals surface area contributed by atoms with Gasteiger partial charge in [0.2, 0.25) is 0 Å². The molecule has 0 bridgehead atoms. The molecule has 2 rings (SSSR count). The number of nitrogens with zero attached hydrogens (tertiary/aromatic N) is 1. The molecule has 0 fully saturated rings. The molecule has 0 unspecified atom stereocenters. The second kappa shape index (κ2) is 4.26. The molecular formula is C13H9ClN2. The normalized spacial score (nSPS) is 9.75. The van der Waals surface area contributed by atoms with Gasteiger partial charge in [0.25, 0.3) is 0 Å². The smallest absolute Gasteiger partial charge is 0.0992 e. The van der Waals surface area contributed by atoms with Crippen LogP contribution >= 0.6 is 11.6 Å². The molecule has 2 N–H and O–H groups in total. The van der Waals surface area contributed by atoms with E-state index in [4.69, 9.17) is 22.6 Å². The molecule has 0 spiro atoms. The van der Waals surface area contributed by atoms with Crippen molar-refractivity contribution < 1.29 is 0 Å². The van der Waals surface area contributed by atoms with E-state index >= 15 is 0 Å². The molecule has 3 heteroatoms. The summed E-state index contributed by atoms with van der Waals surface area (Å²) < 4.78 is 0. The van der Waals surface area contributed by atoms with Crippen LogP contribution in [0.1, 0.15) is 5.56 Å². The first-order valence-electron chi connectivity index (χ1n) is 4.75. The topological polar surface area (TPSA) is 49.8 Å². The van der Waals surface area contributed by atoms with Gasteiger partial charge in [-0.1, -0.05) is 23.7 Å². The standard InChI is InChI=1S/C13H9ClN2/c14-12-5-9(8-15)4-11(6-12)10-2-1-3-13(16)7-10/h1-7H,16H2. The second-order valence-electron chi connectivity index (χ2n) is 3.47. The third-order valence-corrected chi connectivity index (χ3v) is 2.47. The van der Waals surface area contributed by atoms with Gasteiger partial charge in [0.15, 0.2) is 0 Å². The Morgan fingerprint density at radius 1 is 1.06 bits per heavy atom. The summed E-state index contributed by atoms with van der Waals surface area (Å²) in [5.74, 6) is 0. The lowest BCUT2D eigenvalue weighted by molar-refractivity contribution is 1.48. The van der Waals surface area contributed by atoms with Crippen LogP contribution in [-0.4, -0.2) is 0 Å². The monoisotopic (exact) mass is 228 g/mol. The van der Waals surface area contributed by atoms with E-state index < -0.39 is 0 Å². The Morgan fingerprint density at radius 3 is 2.56 bits per heavy atom. The van der Waals surface area contributed by atoms with Crippen LogP contribution in [-0.2, 0) is 0 Å². The minimum atomic E-state index is 0.546. The highest BCUT2D eigenvalue weighted by atomic mass is 35.5. The van der Waals surface area contributed by atoms with Crippen molar-refractivity contribution >= 4 is 17.3 Å². The van der Waals surface area contributed by atoms with Crippen LogP contribution in [0.25, 0.3) is 11.1 Å². The number of hydrogen-bond acceptors (Lipinski definition) is 2. The maximum Gasteiger partial charge on any atom is 0.0992 e. The van der Waals surface area contributed by atoms with Gasteiger partial charge in [-0.25, -0.2) is 0 Å². The van der Waals surface area contributed by atoms with Crippen molar-refractivity contribution in [3.05, 3.63) is 53.1 Å². The Morgan fingerprint density at radius 2 is 1.88 bits per heavy atom. The molecule has 0 aliphatic heterocycles. The largest absolute Gasteiger partial charge is 0.399 e. The number of nitriles is 1. The molecule has 2 aromatic carbocycles. The molecule has 0 saturated heterocycles. The Bertz CT molecular complexity index is 570. The summed E-state index contributed by atoms with van der Waals surface area (Å²) in [5.41, 5.74) is 8.80. The highest BCUT2D eigenvalue weighted by Crippen LogP contribution is 2.25. The summed E-state index contributed by atoms with van der Waals surface area (Å²) in [6, 6.07) is 14.8. The first-order valence-corrected chi connectivity index (χ1v) is 5.13. The summed E-state index contributed by atoms with van der Waals surface area (Å²) in [5, 5.41) is 9.41. The van der Waals surface area contributed by atoms with Gasteiger partial charge in [-0.05, 0) is 41.5 Å². The van der Waals surface area contributed by atoms with Gasteiger partial charge < -0.3 is 5.73 Å². The molecule has 0 heterocycles. The van der Waals surface area contributed by atoms with Crippen molar-refractivity contribution in [2.24, 2.45) is 0 Å². The Balaban J connectivity index is 2.56. The van der Waals surface area contributed by atoms with E-state index in [-0.39, 0.29) is 0 Å². The predicted molar refractivity (Wildman–Crippen MR) is 66.0 cm³/mol. The summed E-state index contributed by atoms with van der Waals surface area (Å²) in [7, 11) is 0. The Hall–Kier alpha value is -1.98. The summed E-state index contributed by atoms with van der Waals surface area (Å²) in [6.45, 7) is 0. The van der Waals surface area contributed by atoms with Crippen molar-refractivity contribution in [3.8, 4) is 17.2 Å². The molecule has 16 heavy (non-hydrogen) atoms. The fourth-order valence-corrected chi connectivity index (χ4v) is 1.77. The lowest BCUT2D eigenvalue weighted by Gasteiger charge is -2.04. The van der Waals surface area contributed by atoms with Gasteiger partial charge in [-0.15, -0.1) is 0 Å². The highest BCUT2D eigenvalue weighted by molar-refractivity contribution is 6.31. The number of nitrogen functional groups attached to an aromatic ring is 1. The van der Waals surface area contributed by atoms with Gasteiger partial charge in [-0.3, -0.25) is 0 Å². The fourth-order valence-electron chi connectivity index (χ4n) is 1.54. The molecule has 2 aromatic rings. The molecule has 0 amide bonds. The lowest BCUT2D eigenvalue weighted by Crippen LogP contribution is -1.86. The highest BCUT2D eigenvalue weighted by Gasteiger charge is 2.02. The van der Waals surface area contributed by atoms with E-state index in [1.165, 1.54) is 0 Å². The van der Waals surface area contributed by atoms with Gasteiger partial charge in [0.1, 0.15) is 0 Å². The number of rotatable bonds is 1. The minimum Gasteiger partial charge on any atom is -0.399 e. The fraction of sp³-hybridized carbons (Fsp3) is 0. The first kappa shape index (κ1) is 10.5. The maximum atomic E-state index is 8.85. The average molecular weight is 229 g/mol. The van der Waals surface area contributed by atoms with Crippen molar-refractivity contribution in [1.29, 1.82) is 5.26 Å². The zero-order valence-corrected chi connectivity index (χ0v) is 9.20. The Labute approximate surface area is 98.9 Å². The lowest BCUT2D eigenvalue weighted by atomic mass is 10.0. The van der Waals surface area contributed by atoms with Crippen LogP contribution in [0.5, 0.6) is 0 Å². The van der Waals surface area contributed by atoms with Gasteiger partial charge >= 0.3 is 0 Å². The van der Waals surface area contributed by atoms with Gasteiger partial charge in [-0.2, -0.15) is 5.26 Å². The number of halogens is 1. The van der Waals surface area contributed by atoms with Crippen LogP contribution < -0.4 is 5.73 Å². The molecule has 78 valence electrons. The zero-order chi connectivity index (χ0) is 11.5. The molecule has 0 aromatic heterocycles. The Kier molecular flexibility index (Phi) is 2.80.